The molecule has 1 saturated heterocycles. The largest absolute Gasteiger partial charge is 0.381 e. The van der Waals surface area contributed by atoms with Crippen molar-refractivity contribution < 1.29 is 9.90 Å². The second-order valence-corrected chi connectivity index (χ2v) is 8.36. The summed E-state index contributed by atoms with van der Waals surface area (Å²) in [6, 6.07) is 0. The zero-order chi connectivity index (χ0) is 22.2. The number of aliphatic imine (C=N–C) groups is 1. The van der Waals surface area contributed by atoms with Gasteiger partial charge in [-0.2, -0.15) is 0 Å². The Labute approximate surface area is 177 Å². The predicted octanol–water partition coefficient (Wildman–Crippen LogP) is 4.55. The third-order valence-electron chi connectivity index (χ3n) is 5.64. The molecule has 164 valence electrons. The van der Waals surface area contributed by atoms with Gasteiger partial charge in [-0.3, -0.25) is 9.79 Å². The van der Waals surface area contributed by atoms with Crippen LogP contribution in [0.15, 0.2) is 40.2 Å². The van der Waals surface area contributed by atoms with E-state index in [0.717, 1.165) is 31.6 Å². The van der Waals surface area contributed by atoms with Gasteiger partial charge in [0.25, 0.3) is 5.91 Å². The highest BCUT2D eigenvalue weighted by Gasteiger charge is 2.32. The minimum atomic E-state index is -1.32. The molecule has 0 radical (unpaired) electrons. The van der Waals surface area contributed by atoms with Crippen LogP contribution in [-0.2, 0) is 4.79 Å². The van der Waals surface area contributed by atoms with Crippen molar-refractivity contribution in [3.8, 4) is 0 Å². The van der Waals surface area contributed by atoms with E-state index in [2.05, 4.69) is 58.6 Å². The summed E-state index contributed by atoms with van der Waals surface area (Å²) in [6.45, 7) is 18.8. The highest BCUT2D eigenvalue weighted by molar-refractivity contribution is 6.03. The predicted molar refractivity (Wildman–Crippen MR) is 123 cm³/mol. The van der Waals surface area contributed by atoms with E-state index in [-0.39, 0.29) is 5.91 Å². The number of carbonyl (C=O) groups is 1. The number of amides is 1. The first kappa shape index (κ1) is 25.2. The van der Waals surface area contributed by atoms with E-state index in [1.807, 2.05) is 6.20 Å². The molecule has 1 N–H and O–H groups in total. The van der Waals surface area contributed by atoms with Gasteiger partial charge in [0, 0.05) is 49.4 Å². The number of piperazine rings is 1. The quantitative estimate of drug-likeness (QED) is 0.478. The Kier molecular flexibility index (Phi) is 9.84. The van der Waals surface area contributed by atoms with Crippen LogP contribution < -0.4 is 0 Å². The average molecular weight is 404 g/mol. The van der Waals surface area contributed by atoms with E-state index < -0.39 is 5.60 Å². The minimum absolute atomic E-state index is 0.199. The highest BCUT2D eigenvalue weighted by atomic mass is 16.3. The minimum Gasteiger partial charge on any atom is -0.381 e. The standard InChI is InChI=1S/C24H41N3O2/c1-9-12-13-25-19(5)22(21(11-3)18(4)10-2)20(6)26-14-16-27(17-15-26)23(28)24(7,8)29/h11-13,18,29H,9-10,14-17H2,1-8H3/b13-12+,21-11-,22-20-,25-19+/t18-/m1/s1. The second-order valence-electron chi connectivity index (χ2n) is 8.36. The molecule has 1 aliphatic rings. The van der Waals surface area contributed by atoms with Crippen molar-refractivity contribution in [2.45, 2.75) is 73.8 Å². The summed E-state index contributed by atoms with van der Waals surface area (Å²) < 4.78 is 0. The Balaban J connectivity index is 3.21. The molecule has 5 nitrogen and oxygen atoms in total. The summed E-state index contributed by atoms with van der Waals surface area (Å²) in [7, 11) is 0. The second kappa shape index (κ2) is 11.3. The molecule has 0 bridgehead atoms. The van der Waals surface area contributed by atoms with E-state index >= 15 is 0 Å². The molecule has 0 spiro atoms. The van der Waals surface area contributed by atoms with Gasteiger partial charge in [0.1, 0.15) is 5.60 Å². The van der Waals surface area contributed by atoms with Crippen LogP contribution in [0, 0.1) is 5.92 Å². The van der Waals surface area contributed by atoms with Crippen LogP contribution in [0.1, 0.15) is 68.2 Å². The van der Waals surface area contributed by atoms with Crippen LogP contribution in [0.25, 0.3) is 0 Å². The molecular formula is C24H41N3O2. The highest BCUT2D eigenvalue weighted by Crippen LogP contribution is 2.28. The van der Waals surface area contributed by atoms with Crippen molar-refractivity contribution in [3.05, 3.63) is 35.2 Å². The molecule has 1 fully saturated rings. The number of aliphatic hydroxyl groups is 1. The van der Waals surface area contributed by atoms with Crippen molar-refractivity contribution in [2.75, 3.05) is 26.2 Å². The first-order valence-corrected chi connectivity index (χ1v) is 10.9. The molecule has 5 heteroatoms. The summed E-state index contributed by atoms with van der Waals surface area (Å²) in [6.07, 6.45) is 8.21. The van der Waals surface area contributed by atoms with E-state index in [1.54, 1.807) is 18.7 Å². The summed E-state index contributed by atoms with van der Waals surface area (Å²) in [5, 5.41) is 10.0. The Hall–Kier alpha value is -1.88. The lowest BCUT2D eigenvalue weighted by Gasteiger charge is -2.39. The van der Waals surface area contributed by atoms with Gasteiger partial charge in [-0.25, -0.2) is 0 Å². The van der Waals surface area contributed by atoms with E-state index in [1.165, 1.54) is 16.8 Å². The van der Waals surface area contributed by atoms with Gasteiger partial charge >= 0.3 is 0 Å². The van der Waals surface area contributed by atoms with Crippen LogP contribution in [0.5, 0.6) is 0 Å². The topological polar surface area (TPSA) is 56.1 Å². The fourth-order valence-electron chi connectivity index (χ4n) is 3.70. The third kappa shape index (κ3) is 6.84. The molecule has 29 heavy (non-hydrogen) atoms. The normalized spacial score (nSPS) is 18.9. The molecule has 0 unspecified atom stereocenters. The Morgan fingerprint density at radius 3 is 2.14 bits per heavy atom. The molecule has 0 aromatic rings. The monoisotopic (exact) mass is 403 g/mol. The first-order chi connectivity index (χ1) is 13.6. The Morgan fingerprint density at radius 2 is 1.69 bits per heavy atom. The SMILES string of the molecule is C\C=C(C(/C(C)=N/C=C/CC)=C(/C)N1CCN(C(=O)C(C)(C)O)CC1)\[C@H](C)CC. The zero-order valence-electron chi connectivity index (χ0n) is 19.7. The van der Waals surface area contributed by atoms with Gasteiger partial charge in [0.2, 0.25) is 0 Å². The molecule has 0 aromatic carbocycles. The fourth-order valence-corrected chi connectivity index (χ4v) is 3.70. The Morgan fingerprint density at radius 1 is 1.14 bits per heavy atom. The average Bonchev–Trinajstić information content (AvgIpc) is 2.69. The number of hydrogen-bond acceptors (Lipinski definition) is 4. The lowest BCUT2D eigenvalue weighted by atomic mass is 9.87. The van der Waals surface area contributed by atoms with Gasteiger partial charge < -0.3 is 14.9 Å². The van der Waals surface area contributed by atoms with Crippen LogP contribution in [0.3, 0.4) is 0 Å². The maximum Gasteiger partial charge on any atom is 0.254 e. The van der Waals surface area contributed by atoms with Crippen molar-refractivity contribution in [1.82, 2.24) is 9.80 Å². The maximum absolute atomic E-state index is 12.4. The van der Waals surface area contributed by atoms with Crippen LogP contribution >= 0.6 is 0 Å². The van der Waals surface area contributed by atoms with Gasteiger partial charge in [-0.1, -0.05) is 32.9 Å². The summed E-state index contributed by atoms with van der Waals surface area (Å²) in [4.78, 5) is 21.2. The molecule has 1 atom stereocenters. The number of carbonyl (C=O) groups excluding carboxylic acids is 1. The van der Waals surface area contributed by atoms with Crippen LogP contribution in [-0.4, -0.2) is 58.3 Å². The number of allylic oxidation sites excluding steroid dienone is 5. The van der Waals surface area contributed by atoms with Crippen molar-refractivity contribution in [1.29, 1.82) is 0 Å². The number of hydrogen-bond donors (Lipinski definition) is 1. The first-order valence-electron chi connectivity index (χ1n) is 10.9. The number of nitrogens with zero attached hydrogens (tertiary/aromatic N) is 3. The Bertz CT molecular complexity index is 673. The van der Waals surface area contributed by atoms with Crippen molar-refractivity contribution in [3.63, 3.8) is 0 Å². The maximum atomic E-state index is 12.4. The van der Waals surface area contributed by atoms with Gasteiger partial charge in [0.15, 0.2) is 0 Å². The molecule has 0 aromatic heterocycles. The molecular weight excluding hydrogens is 362 g/mol. The molecule has 1 amide bonds. The lowest BCUT2D eigenvalue weighted by Crippen LogP contribution is -2.53. The van der Waals surface area contributed by atoms with Gasteiger partial charge in [-0.15, -0.1) is 0 Å². The molecule has 0 saturated carbocycles. The molecule has 0 aliphatic carbocycles. The van der Waals surface area contributed by atoms with Gasteiger partial charge in [-0.05, 0) is 59.0 Å². The van der Waals surface area contributed by atoms with Gasteiger partial charge in [0.05, 0.1) is 0 Å². The summed E-state index contributed by atoms with van der Waals surface area (Å²) in [5.41, 5.74) is 3.45. The third-order valence-corrected chi connectivity index (χ3v) is 5.64. The van der Waals surface area contributed by atoms with Crippen molar-refractivity contribution >= 4 is 11.6 Å². The van der Waals surface area contributed by atoms with Crippen LogP contribution in [0.2, 0.25) is 0 Å². The van der Waals surface area contributed by atoms with E-state index in [4.69, 9.17) is 4.99 Å². The van der Waals surface area contributed by atoms with Crippen LogP contribution in [0.4, 0.5) is 0 Å². The van der Waals surface area contributed by atoms with Crippen molar-refractivity contribution in [2.24, 2.45) is 10.9 Å². The smallest absolute Gasteiger partial charge is 0.254 e. The number of rotatable bonds is 8. The zero-order valence-corrected chi connectivity index (χ0v) is 19.7. The summed E-state index contributed by atoms with van der Waals surface area (Å²) in [5.74, 6) is 0.249. The van der Waals surface area contributed by atoms with E-state index in [0.29, 0.717) is 19.0 Å². The summed E-state index contributed by atoms with van der Waals surface area (Å²) >= 11 is 0. The molecule has 1 rings (SSSR count). The fraction of sp³-hybridized carbons (Fsp3) is 0.667. The van der Waals surface area contributed by atoms with E-state index in [9.17, 15) is 9.90 Å². The molecule has 1 aliphatic heterocycles. The molecule has 1 heterocycles. The lowest BCUT2D eigenvalue weighted by molar-refractivity contribution is -0.149.